The van der Waals surface area contributed by atoms with Gasteiger partial charge in [0.05, 0.1) is 13.4 Å². The zero-order valence-corrected chi connectivity index (χ0v) is 11.1. The van der Waals surface area contributed by atoms with Crippen LogP contribution in [0.4, 0.5) is 0 Å². The first kappa shape index (κ1) is 13.0. The van der Waals surface area contributed by atoms with Gasteiger partial charge in [-0.3, -0.25) is 0 Å². The maximum atomic E-state index is 5.54. The molecule has 0 radical (unpaired) electrons. The molecule has 0 spiro atoms. The summed E-state index contributed by atoms with van der Waals surface area (Å²) in [7, 11) is 1.69. The normalized spacial score (nSPS) is 20.2. The van der Waals surface area contributed by atoms with E-state index in [4.69, 9.17) is 9.47 Å². The summed E-state index contributed by atoms with van der Waals surface area (Å²) in [5.74, 6) is 0.901. The van der Waals surface area contributed by atoms with Gasteiger partial charge in [-0.2, -0.15) is 0 Å². The first-order valence-electron chi connectivity index (χ1n) is 6.47. The quantitative estimate of drug-likeness (QED) is 0.867. The molecule has 2 atom stereocenters. The number of hydrogen-bond donors (Lipinski definition) is 1. The van der Waals surface area contributed by atoms with Gasteiger partial charge in [-0.15, -0.1) is 0 Å². The highest BCUT2D eigenvalue weighted by atomic mass is 16.5. The Morgan fingerprint density at radius 1 is 1.50 bits per heavy atom. The molecule has 0 fully saturated rings. The highest BCUT2D eigenvalue weighted by molar-refractivity contribution is 5.30. The van der Waals surface area contributed by atoms with Crippen LogP contribution < -0.4 is 10.1 Å². The molecule has 0 saturated carbocycles. The average molecular weight is 247 g/mol. The minimum atomic E-state index is 0.294. The predicted octanol–water partition coefficient (Wildman–Crippen LogP) is 3.04. The molecule has 1 aliphatic heterocycles. The summed E-state index contributed by atoms with van der Waals surface area (Å²) in [5, 5.41) is 3.51. The lowest BCUT2D eigenvalue weighted by molar-refractivity contribution is 0.120. The van der Waals surface area contributed by atoms with E-state index in [2.05, 4.69) is 30.4 Å². The molecule has 1 unspecified atom stereocenters. The van der Waals surface area contributed by atoms with E-state index in [0.29, 0.717) is 12.1 Å². The van der Waals surface area contributed by atoms with Gasteiger partial charge in [0, 0.05) is 12.6 Å². The van der Waals surface area contributed by atoms with Crippen molar-refractivity contribution in [1.82, 2.24) is 5.32 Å². The van der Waals surface area contributed by atoms with Crippen LogP contribution in [0.3, 0.4) is 0 Å². The maximum absolute atomic E-state index is 5.54. The van der Waals surface area contributed by atoms with Crippen molar-refractivity contribution in [2.45, 2.75) is 31.9 Å². The second kappa shape index (κ2) is 6.45. The monoisotopic (exact) mass is 247 g/mol. The van der Waals surface area contributed by atoms with E-state index in [1.54, 1.807) is 7.11 Å². The Bertz CT molecular complexity index is 403. The van der Waals surface area contributed by atoms with Crippen molar-refractivity contribution in [2.75, 3.05) is 13.7 Å². The topological polar surface area (TPSA) is 30.5 Å². The Labute approximate surface area is 109 Å². The van der Waals surface area contributed by atoms with Crippen LogP contribution in [-0.4, -0.2) is 19.8 Å². The van der Waals surface area contributed by atoms with Gasteiger partial charge in [-0.25, -0.2) is 0 Å². The minimum Gasteiger partial charge on any atom is -0.497 e. The van der Waals surface area contributed by atoms with E-state index in [0.717, 1.165) is 25.1 Å². The maximum Gasteiger partial charge on any atom is 0.119 e. The summed E-state index contributed by atoms with van der Waals surface area (Å²) in [6.07, 6.45) is 6.38. The van der Waals surface area contributed by atoms with Crippen LogP contribution in [0.1, 0.15) is 31.4 Å². The Balaban J connectivity index is 1.86. The predicted molar refractivity (Wildman–Crippen MR) is 72.7 cm³/mol. The molecular formula is C15H21NO2. The van der Waals surface area contributed by atoms with Gasteiger partial charge in [-0.05, 0) is 43.5 Å². The van der Waals surface area contributed by atoms with Gasteiger partial charge >= 0.3 is 0 Å². The second-order valence-corrected chi connectivity index (χ2v) is 4.61. The Morgan fingerprint density at radius 3 is 3.11 bits per heavy atom. The van der Waals surface area contributed by atoms with Gasteiger partial charge in [0.25, 0.3) is 0 Å². The first-order chi connectivity index (χ1) is 8.79. The lowest BCUT2D eigenvalue weighted by atomic mass is 10.1. The molecule has 0 aliphatic carbocycles. The highest BCUT2D eigenvalue weighted by Gasteiger charge is 2.13. The molecule has 2 rings (SSSR count). The molecule has 0 amide bonds. The summed E-state index contributed by atoms with van der Waals surface area (Å²) < 4.78 is 10.8. The van der Waals surface area contributed by atoms with E-state index in [1.165, 1.54) is 5.56 Å². The van der Waals surface area contributed by atoms with E-state index in [9.17, 15) is 0 Å². The second-order valence-electron chi connectivity index (χ2n) is 4.61. The summed E-state index contributed by atoms with van der Waals surface area (Å²) in [6.45, 7) is 3.04. The molecule has 3 heteroatoms. The van der Waals surface area contributed by atoms with E-state index in [1.807, 2.05) is 18.4 Å². The molecular weight excluding hydrogens is 226 g/mol. The van der Waals surface area contributed by atoms with Crippen LogP contribution in [0.2, 0.25) is 0 Å². The van der Waals surface area contributed by atoms with Crippen molar-refractivity contribution in [3.05, 3.63) is 42.2 Å². The number of methoxy groups -OCH3 is 1. The standard InChI is InChI=1S/C15H21NO2/c1-12(13-6-5-8-14(10-13)17-2)16-11-15-7-3-4-9-18-15/h4-6,8-10,12,15-16H,3,7,11H2,1-2H3/t12-,15?/m0/s1. The van der Waals surface area contributed by atoms with Gasteiger partial charge in [0.1, 0.15) is 11.9 Å². The van der Waals surface area contributed by atoms with E-state index < -0.39 is 0 Å². The van der Waals surface area contributed by atoms with Crippen LogP contribution in [0.5, 0.6) is 5.75 Å². The van der Waals surface area contributed by atoms with Crippen molar-refractivity contribution in [3.8, 4) is 5.75 Å². The molecule has 3 nitrogen and oxygen atoms in total. The van der Waals surface area contributed by atoms with Crippen molar-refractivity contribution < 1.29 is 9.47 Å². The molecule has 1 heterocycles. The molecule has 1 aliphatic rings. The fraction of sp³-hybridized carbons (Fsp3) is 0.467. The van der Waals surface area contributed by atoms with E-state index in [-0.39, 0.29) is 0 Å². The van der Waals surface area contributed by atoms with Gasteiger partial charge in [-0.1, -0.05) is 12.1 Å². The molecule has 1 N–H and O–H groups in total. The molecule has 0 saturated heterocycles. The van der Waals surface area contributed by atoms with Gasteiger partial charge < -0.3 is 14.8 Å². The lowest BCUT2D eigenvalue weighted by Crippen LogP contribution is -2.31. The molecule has 1 aromatic carbocycles. The average Bonchev–Trinajstić information content (AvgIpc) is 2.46. The number of hydrogen-bond acceptors (Lipinski definition) is 3. The van der Waals surface area contributed by atoms with Crippen LogP contribution in [0, 0.1) is 0 Å². The first-order valence-corrected chi connectivity index (χ1v) is 6.47. The van der Waals surface area contributed by atoms with Crippen molar-refractivity contribution in [1.29, 1.82) is 0 Å². The highest BCUT2D eigenvalue weighted by Crippen LogP contribution is 2.19. The van der Waals surface area contributed by atoms with Gasteiger partial charge in [0.15, 0.2) is 0 Å². The molecule has 18 heavy (non-hydrogen) atoms. The largest absolute Gasteiger partial charge is 0.497 e. The summed E-state index contributed by atoms with van der Waals surface area (Å²) >= 11 is 0. The minimum absolute atomic E-state index is 0.294. The number of nitrogens with one attached hydrogen (secondary N) is 1. The fourth-order valence-electron chi connectivity index (χ4n) is 2.07. The molecule has 98 valence electrons. The zero-order valence-electron chi connectivity index (χ0n) is 11.1. The SMILES string of the molecule is COc1cccc([C@H](C)NCC2CCC=CO2)c1. The Morgan fingerprint density at radius 2 is 2.39 bits per heavy atom. The third-order valence-corrected chi connectivity index (χ3v) is 3.27. The van der Waals surface area contributed by atoms with Crippen LogP contribution in [0.15, 0.2) is 36.6 Å². The zero-order chi connectivity index (χ0) is 12.8. The summed E-state index contributed by atoms with van der Waals surface area (Å²) in [6, 6.07) is 8.47. The molecule has 1 aromatic rings. The number of benzene rings is 1. The third kappa shape index (κ3) is 3.50. The fourth-order valence-corrected chi connectivity index (χ4v) is 2.07. The van der Waals surface area contributed by atoms with Crippen LogP contribution in [0.25, 0.3) is 0 Å². The van der Waals surface area contributed by atoms with Crippen molar-refractivity contribution in [3.63, 3.8) is 0 Å². The van der Waals surface area contributed by atoms with Crippen LogP contribution in [-0.2, 0) is 4.74 Å². The Hall–Kier alpha value is -1.48. The lowest BCUT2D eigenvalue weighted by Gasteiger charge is -2.22. The number of ether oxygens (including phenoxy) is 2. The van der Waals surface area contributed by atoms with Crippen molar-refractivity contribution in [2.24, 2.45) is 0 Å². The van der Waals surface area contributed by atoms with Crippen LogP contribution >= 0.6 is 0 Å². The number of allylic oxidation sites excluding steroid dienone is 1. The summed E-state index contributed by atoms with van der Waals surface area (Å²) in [5.41, 5.74) is 1.24. The molecule has 0 bridgehead atoms. The van der Waals surface area contributed by atoms with Gasteiger partial charge in [0.2, 0.25) is 0 Å². The summed E-state index contributed by atoms with van der Waals surface area (Å²) in [4.78, 5) is 0. The van der Waals surface area contributed by atoms with Crippen molar-refractivity contribution >= 4 is 0 Å². The number of rotatable bonds is 5. The smallest absolute Gasteiger partial charge is 0.119 e. The van der Waals surface area contributed by atoms with E-state index >= 15 is 0 Å². The Kier molecular flexibility index (Phi) is 4.65. The third-order valence-electron chi connectivity index (χ3n) is 3.27. The molecule has 0 aromatic heterocycles.